The molecule has 204 valence electrons. The molecule has 3 aromatic carbocycles. The number of rotatable bonds is 6. The van der Waals surface area contributed by atoms with Crippen LogP contribution in [-0.2, 0) is 15.0 Å². The molecule has 1 N–H and O–H groups in total. The van der Waals surface area contributed by atoms with Crippen molar-refractivity contribution in [1.82, 2.24) is 0 Å². The normalized spacial score (nSPS) is 17.3. The third kappa shape index (κ3) is 5.74. The van der Waals surface area contributed by atoms with Gasteiger partial charge in [0.1, 0.15) is 11.5 Å². The number of amides is 1. The highest BCUT2D eigenvalue weighted by Crippen LogP contribution is 2.43. The number of nitrogens with zero attached hydrogens (tertiary/aromatic N) is 1. The summed E-state index contributed by atoms with van der Waals surface area (Å²) in [5.74, 6) is -0.600. The summed E-state index contributed by atoms with van der Waals surface area (Å²) in [6, 6.07) is 17.6. The van der Waals surface area contributed by atoms with Crippen molar-refractivity contribution in [3.05, 3.63) is 99.1 Å². The van der Waals surface area contributed by atoms with Gasteiger partial charge in [0, 0.05) is 16.3 Å². The standard InChI is InChI=1S/C33H36ClNO4/c1-19(2)18-39-27-15-11-23(16-21(27)4)30(36)28-29(22-9-12-24(13-10-22)33(5,6)7)35(32(38)31(28)37)25-14-8-20(3)26(34)17-25/h8-17,19,29,36H,18H2,1-7H3/b30-28+. The molecule has 0 saturated carbocycles. The molecule has 4 rings (SSSR count). The van der Waals surface area contributed by atoms with E-state index in [-0.39, 0.29) is 16.7 Å². The van der Waals surface area contributed by atoms with Gasteiger partial charge in [-0.25, -0.2) is 0 Å². The van der Waals surface area contributed by atoms with Crippen molar-refractivity contribution in [3.8, 4) is 5.75 Å². The first-order valence-corrected chi connectivity index (χ1v) is 13.6. The molecule has 1 unspecified atom stereocenters. The predicted octanol–water partition coefficient (Wildman–Crippen LogP) is 7.92. The van der Waals surface area contributed by atoms with Gasteiger partial charge in [0.25, 0.3) is 11.7 Å². The zero-order chi connectivity index (χ0) is 28.6. The molecule has 39 heavy (non-hydrogen) atoms. The van der Waals surface area contributed by atoms with E-state index in [2.05, 4.69) is 34.6 Å². The van der Waals surface area contributed by atoms with Crippen LogP contribution in [0.5, 0.6) is 5.75 Å². The van der Waals surface area contributed by atoms with E-state index in [0.717, 1.165) is 16.7 Å². The fraction of sp³-hybridized carbons (Fsp3) is 0.333. The first-order valence-electron chi connectivity index (χ1n) is 13.2. The summed E-state index contributed by atoms with van der Waals surface area (Å²) in [5.41, 5.74) is 4.43. The van der Waals surface area contributed by atoms with Crippen LogP contribution >= 0.6 is 11.6 Å². The van der Waals surface area contributed by atoms with Gasteiger partial charge in [0.15, 0.2) is 0 Å². The molecule has 1 fully saturated rings. The molecule has 1 aliphatic heterocycles. The Morgan fingerprint density at radius 3 is 2.21 bits per heavy atom. The molecule has 0 aromatic heterocycles. The molecule has 0 aliphatic carbocycles. The summed E-state index contributed by atoms with van der Waals surface area (Å²) in [6.07, 6.45) is 0. The van der Waals surface area contributed by atoms with Crippen LogP contribution in [0.15, 0.2) is 66.2 Å². The number of hydrogen-bond donors (Lipinski definition) is 1. The largest absolute Gasteiger partial charge is 0.507 e. The van der Waals surface area contributed by atoms with Crippen molar-refractivity contribution < 1.29 is 19.4 Å². The number of ether oxygens (including phenoxy) is 1. The number of hydrogen-bond acceptors (Lipinski definition) is 4. The van der Waals surface area contributed by atoms with Crippen LogP contribution in [0.2, 0.25) is 5.02 Å². The number of aliphatic hydroxyl groups excluding tert-OH is 1. The number of anilines is 1. The Hall–Kier alpha value is -3.57. The Morgan fingerprint density at radius 2 is 1.64 bits per heavy atom. The summed E-state index contributed by atoms with van der Waals surface area (Å²) < 4.78 is 5.88. The van der Waals surface area contributed by atoms with Crippen molar-refractivity contribution in [2.75, 3.05) is 11.5 Å². The molecular formula is C33H36ClNO4. The van der Waals surface area contributed by atoms with E-state index in [1.807, 2.05) is 44.2 Å². The highest BCUT2D eigenvalue weighted by molar-refractivity contribution is 6.51. The Morgan fingerprint density at radius 1 is 0.974 bits per heavy atom. The zero-order valence-electron chi connectivity index (χ0n) is 23.6. The summed E-state index contributed by atoms with van der Waals surface area (Å²) in [7, 11) is 0. The van der Waals surface area contributed by atoms with Crippen LogP contribution in [0.1, 0.15) is 68.5 Å². The van der Waals surface area contributed by atoms with Crippen molar-refractivity contribution >= 4 is 34.7 Å². The maximum absolute atomic E-state index is 13.5. The van der Waals surface area contributed by atoms with E-state index in [9.17, 15) is 14.7 Å². The lowest BCUT2D eigenvalue weighted by Crippen LogP contribution is -2.29. The maximum Gasteiger partial charge on any atom is 0.300 e. The van der Waals surface area contributed by atoms with E-state index in [4.69, 9.17) is 16.3 Å². The Balaban J connectivity index is 1.87. The lowest BCUT2D eigenvalue weighted by atomic mass is 9.85. The topological polar surface area (TPSA) is 66.8 Å². The fourth-order valence-electron chi connectivity index (χ4n) is 4.68. The number of benzene rings is 3. The molecule has 5 nitrogen and oxygen atoms in total. The lowest BCUT2D eigenvalue weighted by Gasteiger charge is -2.27. The Bertz CT molecular complexity index is 1450. The number of aliphatic hydroxyl groups is 1. The van der Waals surface area contributed by atoms with Gasteiger partial charge in [0.2, 0.25) is 0 Å². The van der Waals surface area contributed by atoms with E-state index >= 15 is 0 Å². The van der Waals surface area contributed by atoms with E-state index in [0.29, 0.717) is 40.1 Å². The molecule has 0 bridgehead atoms. The molecule has 0 radical (unpaired) electrons. The summed E-state index contributed by atoms with van der Waals surface area (Å²) in [5, 5.41) is 12.0. The van der Waals surface area contributed by atoms with Crippen LogP contribution in [0, 0.1) is 19.8 Å². The second-order valence-electron chi connectivity index (χ2n) is 11.7. The molecule has 1 atom stereocenters. The minimum atomic E-state index is -0.824. The molecule has 3 aromatic rings. The highest BCUT2D eigenvalue weighted by atomic mass is 35.5. The molecule has 1 amide bonds. The monoisotopic (exact) mass is 545 g/mol. The zero-order valence-corrected chi connectivity index (χ0v) is 24.4. The van der Waals surface area contributed by atoms with Gasteiger partial charge in [-0.3, -0.25) is 14.5 Å². The molecule has 1 heterocycles. The molecule has 1 saturated heterocycles. The second-order valence-corrected chi connectivity index (χ2v) is 12.1. The van der Waals surface area contributed by atoms with Crippen molar-refractivity contribution in [2.24, 2.45) is 5.92 Å². The summed E-state index contributed by atoms with van der Waals surface area (Å²) in [6.45, 7) is 14.9. The van der Waals surface area contributed by atoms with Crippen LogP contribution < -0.4 is 9.64 Å². The molecule has 1 aliphatic rings. The van der Waals surface area contributed by atoms with Crippen molar-refractivity contribution in [1.29, 1.82) is 0 Å². The van der Waals surface area contributed by atoms with E-state index < -0.39 is 17.7 Å². The third-order valence-corrected chi connectivity index (χ3v) is 7.40. The van der Waals surface area contributed by atoms with Gasteiger partial charge >= 0.3 is 0 Å². The summed E-state index contributed by atoms with van der Waals surface area (Å²) >= 11 is 6.42. The minimum Gasteiger partial charge on any atom is -0.507 e. The van der Waals surface area contributed by atoms with Gasteiger partial charge in [-0.2, -0.15) is 0 Å². The lowest BCUT2D eigenvalue weighted by molar-refractivity contribution is -0.132. The van der Waals surface area contributed by atoms with Crippen molar-refractivity contribution in [2.45, 2.75) is 59.9 Å². The van der Waals surface area contributed by atoms with Crippen molar-refractivity contribution in [3.63, 3.8) is 0 Å². The predicted molar refractivity (Wildman–Crippen MR) is 158 cm³/mol. The fourth-order valence-corrected chi connectivity index (χ4v) is 4.86. The van der Waals surface area contributed by atoms with E-state index in [1.54, 1.807) is 30.3 Å². The number of halogens is 1. The van der Waals surface area contributed by atoms with Crippen LogP contribution in [-0.4, -0.2) is 23.4 Å². The van der Waals surface area contributed by atoms with Crippen LogP contribution in [0.3, 0.4) is 0 Å². The molecule has 0 spiro atoms. The van der Waals surface area contributed by atoms with Gasteiger partial charge in [-0.1, -0.05) is 76.6 Å². The Labute approximate surface area is 236 Å². The first-order chi connectivity index (χ1) is 18.3. The van der Waals surface area contributed by atoms with Gasteiger partial charge in [-0.15, -0.1) is 0 Å². The number of Topliss-reactive ketones (excluding diaryl/α,β-unsaturated/α-hetero) is 1. The highest BCUT2D eigenvalue weighted by Gasteiger charge is 2.47. The van der Waals surface area contributed by atoms with E-state index in [1.165, 1.54) is 4.90 Å². The number of ketones is 1. The minimum absolute atomic E-state index is 0.0375. The average molecular weight is 546 g/mol. The third-order valence-electron chi connectivity index (χ3n) is 6.99. The van der Waals surface area contributed by atoms with Gasteiger partial charge < -0.3 is 9.84 Å². The smallest absolute Gasteiger partial charge is 0.300 e. The Kier molecular flexibility index (Phi) is 7.94. The first kappa shape index (κ1) is 28.4. The SMILES string of the molecule is Cc1ccc(N2C(=O)C(=O)/C(=C(/O)c3ccc(OCC(C)C)c(C)c3)C2c2ccc(C(C)(C)C)cc2)cc1Cl. The maximum atomic E-state index is 13.5. The van der Waals surface area contributed by atoms with Gasteiger partial charge in [-0.05, 0) is 77.8 Å². The number of carbonyl (C=O) groups is 2. The quantitative estimate of drug-likeness (QED) is 0.194. The molecule has 6 heteroatoms. The van der Waals surface area contributed by atoms with Crippen LogP contribution in [0.25, 0.3) is 5.76 Å². The second kappa shape index (κ2) is 10.9. The van der Waals surface area contributed by atoms with Crippen LogP contribution in [0.4, 0.5) is 5.69 Å². The average Bonchev–Trinajstić information content (AvgIpc) is 3.14. The summed E-state index contributed by atoms with van der Waals surface area (Å²) in [4.78, 5) is 28.5. The number of carbonyl (C=O) groups excluding carboxylic acids is 2. The molecular weight excluding hydrogens is 510 g/mol. The van der Waals surface area contributed by atoms with Gasteiger partial charge in [0.05, 0.1) is 18.2 Å². The number of aryl methyl sites for hydroxylation is 2.